The molecular weight excluding hydrogens is 402 g/mol. The normalized spacial score (nSPS) is 15.1. The molecule has 162 valence electrons. The Morgan fingerprint density at radius 2 is 1.80 bits per heavy atom. The lowest BCUT2D eigenvalue weighted by atomic mass is 10.2. The van der Waals surface area contributed by atoms with Crippen LogP contribution in [0.25, 0.3) is 5.69 Å². The summed E-state index contributed by atoms with van der Waals surface area (Å²) in [5.74, 6) is -0.182. The van der Waals surface area contributed by atoms with E-state index >= 15 is 0 Å². The van der Waals surface area contributed by atoms with E-state index in [2.05, 4.69) is 15.2 Å². The molecular formula is C21H29N5O3S. The summed E-state index contributed by atoms with van der Waals surface area (Å²) in [7, 11) is 0. The van der Waals surface area contributed by atoms with Crippen molar-refractivity contribution in [1.82, 2.24) is 24.7 Å². The van der Waals surface area contributed by atoms with E-state index in [4.69, 9.17) is 17.0 Å². The van der Waals surface area contributed by atoms with Gasteiger partial charge in [0.05, 0.1) is 0 Å². The number of aromatic amines is 1. The molecule has 0 atom stereocenters. The van der Waals surface area contributed by atoms with Gasteiger partial charge in [0.1, 0.15) is 11.3 Å². The number of carbonyl (C=O) groups excluding carboxylic acids is 2. The third-order valence-electron chi connectivity index (χ3n) is 4.76. The van der Waals surface area contributed by atoms with Crippen molar-refractivity contribution in [1.29, 1.82) is 0 Å². The smallest absolute Gasteiger partial charge is 0.410 e. The quantitative estimate of drug-likeness (QED) is 0.712. The molecule has 3 rings (SSSR count). The van der Waals surface area contributed by atoms with E-state index in [9.17, 15) is 9.59 Å². The van der Waals surface area contributed by atoms with Crippen LogP contribution in [0.15, 0.2) is 36.5 Å². The zero-order chi connectivity index (χ0) is 21.7. The Morgan fingerprint density at radius 1 is 1.13 bits per heavy atom. The molecule has 1 aromatic carbocycles. The molecule has 30 heavy (non-hydrogen) atoms. The van der Waals surface area contributed by atoms with Gasteiger partial charge in [-0.3, -0.25) is 14.3 Å². The highest BCUT2D eigenvalue weighted by atomic mass is 32.1. The average Bonchev–Trinajstić information content (AvgIpc) is 3.09. The van der Waals surface area contributed by atoms with Crippen LogP contribution < -0.4 is 5.32 Å². The standard InChI is InChI=1S/C21H29N5O3S/c1-21(2,3)29-20(28)25-13-11-24(12-14-25)10-9-22-18(27)17-15-23-19(30)26(17)16-7-5-4-6-8-16/h4-8,15H,9-14H2,1-3H3,(H,22,27)(H,23,30). The average molecular weight is 432 g/mol. The van der Waals surface area contributed by atoms with Gasteiger partial charge in [-0.2, -0.15) is 0 Å². The van der Waals surface area contributed by atoms with Gasteiger partial charge in [0, 0.05) is 51.2 Å². The van der Waals surface area contributed by atoms with Crippen LogP contribution in [-0.4, -0.2) is 76.2 Å². The third-order valence-corrected chi connectivity index (χ3v) is 5.06. The molecule has 0 spiro atoms. The van der Waals surface area contributed by atoms with Crippen molar-refractivity contribution in [2.45, 2.75) is 26.4 Å². The third kappa shape index (κ3) is 5.70. The molecule has 0 radical (unpaired) electrons. The minimum atomic E-state index is -0.488. The molecule has 8 nitrogen and oxygen atoms in total. The van der Waals surface area contributed by atoms with Crippen molar-refractivity contribution in [3.63, 3.8) is 0 Å². The summed E-state index contributed by atoms with van der Waals surface area (Å²) in [6, 6.07) is 9.54. The van der Waals surface area contributed by atoms with Gasteiger partial charge in [-0.25, -0.2) is 4.79 Å². The predicted molar refractivity (Wildman–Crippen MR) is 118 cm³/mol. The Bertz CT molecular complexity index is 924. The van der Waals surface area contributed by atoms with Crippen molar-refractivity contribution in [3.8, 4) is 5.69 Å². The zero-order valence-corrected chi connectivity index (χ0v) is 18.5. The maximum absolute atomic E-state index is 12.7. The topological polar surface area (TPSA) is 82.6 Å². The highest BCUT2D eigenvalue weighted by molar-refractivity contribution is 7.71. The van der Waals surface area contributed by atoms with Crippen LogP contribution in [0.4, 0.5) is 4.79 Å². The fourth-order valence-corrected chi connectivity index (χ4v) is 3.53. The first-order valence-electron chi connectivity index (χ1n) is 10.1. The zero-order valence-electron chi connectivity index (χ0n) is 17.7. The van der Waals surface area contributed by atoms with E-state index in [1.54, 1.807) is 15.7 Å². The van der Waals surface area contributed by atoms with Gasteiger partial charge in [-0.05, 0) is 45.1 Å². The number of piperazine rings is 1. The summed E-state index contributed by atoms with van der Waals surface area (Å²) >= 11 is 5.33. The van der Waals surface area contributed by atoms with Crippen LogP contribution in [0.2, 0.25) is 0 Å². The van der Waals surface area contributed by atoms with E-state index in [0.717, 1.165) is 18.8 Å². The monoisotopic (exact) mass is 431 g/mol. The van der Waals surface area contributed by atoms with Gasteiger partial charge in [-0.1, -0.05) is 18.2 Å². The summed E-state index contributed by atoms with van der Waals surface area (Å²) in [6.07, 6.45) is 1.36. The van der Waals surface area contributed by atoms with E-state index in [1.165, 1.54) is 0 Å². The first kappa shape index (κ1) is 22.0. The molecule has 2 heterocycles. The lowest BCUT2D eigenvalue weighted by molar-refractivity contribution is 0.0147. The largest absolute Gasteiger partial charge is 0.444 e. The van der Waals surface area contributed by atoms with Crippen molar-refractivity contribution in [2.24, 2.45) is 0 Å². The maximum Gasteiger partial charge on any atom is 0.410 e. The van der Waals surface area contributed by atoms with E-state index < -0.39 is 5.60 Å². The first-order valence-corrected chi connectivity index (χ1v) is 10.5. The number of H-pyrrole nitrogens is 1. The molecule has 0 saturated carbocycles. The van der Waals surface area contributed by atoms with Crippen molar-refractivity contribution in [2.75, 3.05) is 39.3 Å². The minimum absolute atomic E-state index is 0.182. The van der Waals surface area contributed by atoms with Crippen LogP contribution in [0.1, 0.15) is 31.3 Å². The van der Waals surface area contributed by atoms with Crippen molar-refractivity contribution >= 4 is 24.2 Å². The summed E-state index contributed by atoms with van der Waals surface area (Å²) in [5, 5.41) is 2.96. The van der Waals surface area contributed by atoms with Crippen LogP contribution in [-0.2, 0) is 4.74 Å². The molecule has 2 amide bonds. The van der Waals surface area contributed by atoms with E-state index in [0.29, 0.717) is 36.6 Å². The Labute approximate surface area is 181 Å². The number of rotatable bonds is 5. The molecule has 1 aliphatic rings. The van der Waals surface area contributed by atoms with Gasteiger partial charge in [0.15, 0.2) is 4.77 Å². The van der Waals surface area contributed by atoms with Crippen LogP contribution >= 0.6 is 12.2 Å². The second-order valence-corrected chi connectivity index (χ2v) is 8.60. The summed E-state index contributed by atoms with van der Waals surface area (Å²) in [5.41, 5.74) is 0.825. The Morgan fingerprint density at radius 3 is 2.43 bits per heavy atom. The highest BCUT2D eigenvalue weighted by Crippen LogP contribution is 2.13. The van der Waals surface area contributed by atoms with Gasteiger partial charge in [-0.15, -0.1) is 0 Å². The first-order chi connectivity index (χ1) is 14.2. The SMILES string of the molecule is CC(C)(C)OC(=O)N1CCN(CCNC(=O)c2c[nH]c(=S)n2-c2ccccc2)CC1. The van der Waals surface area contributed by atoms with Crippen LogP contribution in [0.5, 0.6) is 0 Å². The van der Waals surface area contributed by atoms with Gasteiger partial charge in [0.25, 0.3) is 5.91 Å². The molecule has 1 saturated heterocycles. The maximum atomic E-state index is 12.7. The van der Waals surface area contributed by atoms with Crippen LogP contribution in [0, 0.1) is 4.77 Å². The molecule has 0 unspecified atom stereocenters. The number of amides is 2. The Kier molecular flexibility index (Phi) is 6.94. The Hall–Kier alpha value is -2.65. The van der Waals surface area contributed by atoms with Gasteiger partial charge < -0.3 is 19.9 Å². The predicted octanol–water partition coefficient (Wildman–Crippen LogP) is 2.82. The number of hydrogen-bond acceptors (Lipinski definition) is 5. The molecule has 2 aromatic rings. The number of hydrogen-bond donors (Lipinski definition) is 2. The molecule has 0 bridgehead atoms. The summed E-state index contributed by atoms with van der Waals surface area (Å²) in [6.45, 7) is 9.56. The molecule has 0 aliphatic carbocycles. The van der Waals surface area contributed by atoms with Crippen molar-refractivity contribution < 1.29 is 14.3 Å². The fraction of sp³-hybridized carbons (Fsp3) is 0.476. The number of nitrogens with zero attached hydrogens (tertiary/aromatic N) is 3. The lowest BCUT2D eigenvalue weighted by Gasteiger charge is -2.35. The second-order valence-electron chi connectivity index (χ2n) is 8.21. The number of nitrogens with one attached hydrogen (secondary N) is 2. The number of benzene rings is 1. The molecule has 1 aliphatic heterocycles. The molecule has 1 fully saturated rings. The lowest BCUT2D eigenvalue weighted by Crippen LogP contribution is -2.51. The van der Waals surface area contributed by atoms with E-state index in [1.807, 2.05) is 51.1 Å². The molecule has 1 aromatic heterocycles. The molecule has 2 N–H and O–H groups in total. The van der Waals surface area contributed by atoms with Crippen molar-refractivity contribution in [3.05, 3.63) is 47.0 Å². The van der Waals surface area contributed by atoms with E-state index in [-0.39, 0.29) is 12.0 Å². The minimum Gasteiger partial charge on any atom is -0.444 e. The number of carbonyl (C=O) groups is 2. The van der Waals surface area contributed by atoms with Gasteiger partial charge >= 0.3 is 6.09 Å². The van der Waals surface area contributed by atoms with Gasteiger partial charge in [0.2, 0.25) is 0 Å². The number of ether oxygens (including phenoxy) is 1. The second kappa shape index (κ2) is 9.44. The summed E-state index contributed by atoms with van der Waals surface area (Å²) in [4.78, 5) is 31.7. The number of imidazole rings is 1. The number of aromatic nitrogens is 2. The molecule has 9 heteroatoms. The number of para-hydroxylation sites is 1. The highest BCUT2D eigenvalue weighted by Gasteiger charge is 2.25. The summed E-state index contributed by atoms with van der Waals surface area (Å²) < 4.78 is 7.62. The Balaban J connectivity index is 1.48. The van der Waals surface area contributed by atoms with Crippen LogP contribution in [0.3, 0.4) is 0 Å². The fourth-order valence-electron chi connectivity index (χ4n) is 3.27.